The van der Waals surface area contributed by atoms with Crippen molar-refractivity contribution in [1.29, 1.82) is 0 Å². The fourth-order valence-electron chi connectivity index (χ4n) is 5.27. The molecule has 0 unspecified atom stereocenters. The summed E-state index contributed by atoms with van der Waals surface area (Å²) in [6.07, 6.45) is 7.58. The maximum Gasteiger partial charge on any atom is 0.234 e. The van der Waals surface area contributed by atoms with Crippen LogP contribution in [0, 0.1) is 0 Å². The number of benzene rings is 4. The van der Waals surface area contributed by atoms with Gasteiger partial charge in [0.15, 0.2) is 0 Å². The topological polar surface area (TPSA) is 35.6 Å². The van der Waals surface area contributed by atoms with Crippen LogP contribution in [-0.2, 0) is 0 Å². The molecule has 0 aliphatic rings. The molecule has 7 aromatic rings. The van der Waals surface area contributed by atoms with Gasteiger partial charge < -0.3 is 4.57 Å². The summed E-state index contributed by atoms with van der Waals surface area (Å²) < 4.78 is 4.35. The average molecular weight is 463 g/mol. The number of hydrogen-bond donors (Lipinski definition) is 0. The van der Waals surface area contributed by atoms with Crippen molar-refractivity contribution in [3.05, 3.63) is 122 Å². The Morgan fingerprint density at radius 1 is 0.528 bits per heavy atom. The summed E-state index contributed by atoms with van der Waals surface area (Å²) >= 11 is 0. The van der Waals surface area contributed by atoms with Crippen LogP contribution in [-0.4, -0.2) is 19.1 Å². The number of hydrogen-bond acceptors (Lipinski definition) is 2. The van der Waals surface area contributed by atoms with Gasteiger partial charge in [-0.05, 0) is 47.5 Å². The highest BCUT2D eigenvalue weighted by molar-refractivity contribution is 6.11. The molecule has 0 atom stereocenters. The standard InChI is InChI=1S/C32H22N4/c1-3-21-13-15-30-26(17-21)27-18-22(4-2)14-16-31(27)35(30)23-19-33-32(34-20-23)36-28-11-7-5-9-24(28)25-10-6-8-12-29(25)36/h3-20H,1-2H2. The van der Waals surface area contributed by atoms with Crippen molar-refractivity contribution in [1.82, 2.24) is 19.1 Å². The maximum atomic E-state index is 4.86. The van der Waals surface area contributed by atoms with Gasteiger partial charge in [-0.15, -0.1) is 0 Å². The molecule has 4 nitrogen and oxygen atoms in total. The average Bonchev–Trinajstić information content (AvgIpc) is 3.45. The molecule has 7 rings (SSSR count). The molecule has 36 heavy (non-hydrogen) atoms. The van der Waals surface area contributed by atoms with Crippen molar-refractivity contribution < 1.29 is 0 Å². The van der Waals surface area contributed by atoms with E-state index in [1.165, 1.54) is 10.8 Å². The zero-order valence-corrected chi connectivity index (χ0v) is 19.6. The van der Waals surface area contributed by atoms with Gasteiger partial charge in [0, 0.05) is 21.5 Å². The first-order valence-electron chi connectivity index (χ1n) is 11.9. The number of para-hydroxylation sites is 2. The van der Waals surface area contributed by atoms with Crippen LogP contribution in [0.1, 0.15) is 11.1 Å². The summed E-state index contributed by atoms with van der Waals surface area (Å²) in [6.45, 7) is 7.90. The molecule has 0 bridgehead atoms. The fraction of sp³-hybridized carbons (Fsp3) is 0. The lowest BCUT2D eigenvalue weighted by Gasteiger charge is -2.10. The second-order valence-corrected chi connectivity index (χ2v) is 8.91. The van der Waals surface area contributed by atoms with Gasteiger partial charge in [0.2, 0.25) is 5.95 Å². The van der Waals surface area contributed by atoms with Crippen LogP contribution in [0.2, 0.25) is 0 Å². The lowest BCUT2D eigenvalue weighted by molar-refractivity contribution is 0.968. The molecule has 0 amide bonds. The summed E-state index contributed by atoms with van der Waals surface area (Å²) in [5.41, 5.74) is 7.48. The zero-order valence-electron chi connectivity index (χ0n) is 19.6. The SMILES string of the molecule is C=Cc1ccc2c(c1)c1cc(C=C)ccc1n2-c1cnc(-n2c3ccccc3c3ccccc32)nc1. The number of nitrogens with zero attached hydrogens (tertiary/aromatic N) is 4. The van der Waals surface area contributed by atoms with Crippen molar-refractivity contribution in [3.8, 4) is 11.6 Å². The normalized spacial score (nSPS) is 11.6. The molecule has 3 aromatic heterocycles. The molecular weight excluding hydrogens is 440 g/mol. The van der Waals surface area contributed by atoms with Crippen LogP contribution in [0.3, 0.4) is 0 Å². The molecule has 0 radical (unpaired) electrons. The van der Waals surface area contributed by atoms with E-state index in [-0.39, 0.29) is 0 Å². The Bertz CT molecular complexity index is 1850. The van der Waals surface area contributed by atoms with E-state index in [1.807, 2.05) is 24.5 Å². The first-order chi connectivity index (χ1) is 17.8. The third kappa shape index (κ3) is 2.88. The minimum atomic E-state index is 0.653. The molecule has 0 N–H and O–H groups in total. The third-order valence-corrected chi connectivity index (χ3v) is 6.95. The van der Waals surface area contributed by atoms with Crippen LogP contribution >= 0.6 is 0 Å². The van der Waals surface area contributed by atoms with Crippen LogP contribution in [0.4, 0.5) is 0 Å². The van der Waals surface area contributed by atoms with Gasteiger partial charge in [-0.3, -0.25) is 4.57 Å². The molecule has 0 spiro atoms. The summed E-state index contributed by atoms with van der Waals surface area (Å²) in [7, 11) is 0. The summed E-state index contributed by atoms with van der Waals surface area (Å²) in [5.74, 6) is 0.653. The molecule has 0 fully saturated rings. The summed E-state index contributed by atoms with van der Waals surface area (Å²) in [5, 5.41) is 4.72. The van der Waals surface area contributed by atoms with Crippen molar-refractivity contribution in [2.24, 2.45) is 0 Å². The Labute approximate surface area is 208 Å². The largest absolute Gasteiger partial charge is 0.306 e. The minimum absolute atomic E-state index is 0.653. The monoisotopic (exact) mass is 462 g/mol. The molecule has 0 aliphatic heterocycles. The summed E-state index contributed by atoms with van der Waals surface area (Å²) in [4.78, 5) is 9.71. The highest BCUT2D eigenvalue weighted by Gasteiger charge is 2.16. The van der Waals surface area contributed by atoms with Crippen LogP contribution in [0.15, 0.2) is 110 Å². The van der Waals surface area contributed by atoms with Gasteiger partial charge in [0.05, 0.1) is 40.1 Å². The zero-order chi connectivity index (χ0) is 24.2. The highest BCUT2D eigenvalue weighted by Crippen LogP contribution is 2.34. The Balaban J connectivity index is 1.46. The van der Waals surface area contributed by atoms with Gasteiger partial charge >= 0.3 is 0 Å². The van der Waals surface area contributed by atoms with E-state index in [0.717, 1.165) is 49.7 Å². The first-order valence-corrected chi connectivity index (χ1v) is 11.9. The van der Waals surface area contributed by atoms with E-state index in [9.17, 15) is 0 Å². The van der Waals surface area contributed by atoms with E-state index in [0.29, 0.717) is 5.95 Å². The second kappa shape index (κ2) is 7.79. The quantitative estimate of drug-likeness (QED) is 0.266. The fourth-order valence-corrected chi connectivity index (χ4v) is 5.27. The molecule has 170 valence electrons. The van der Waals surface area contributed by atoms with E-state index in [2.05, 4.69) is 107 Å². The first kappa shape index (κ1) is 20.4. The minimum Gasteiger partial charge on any atom is -0.306 e. The highest BCUT2D eigenvalue weighted by atomic mass is 15.2. The van der Waals surface area contributed by atoms with E-state index >= 15 is 0 Å². The predicted octanol–water partition coefficient (Wildman–Crippen LogP) is 7.96. The van der Waals surface area contributed by atoms with Crippen LogP contribution in [0.5, 0.6) is 0 Å². The molecule has 4 aromatic carbocycles. The van der Waals surface area contributed by atoms with Crippen LogP contribution in [0.25, 0.3) is 67.4 Å². The summed E-state index contributed by atoms with van der Waals surface area (Å²) in [6, 6.07) is 29.6. The van der Waals surface area contributed by atoms with E-state index in [4.69, 9.17) is 9.97 Å². The molecule has 3 heterocycles. The number of rotatable bonds is 4. The van der Waals surface area contributed by atoms with Gasteiger partial charge in [-0.2, -0.15) is 0 Å². The number of aromatic nitrogens is 4. The molecule has 0 aliphatic carbocycles. The van der Waals surface area contributed by atoms with Crippen molar-refractivity contribution >= 4 is 55.8 Å². The predicted molar refractivity (Wildman–Crippen MR) is 151 cm³/mol. The van der Waals surface area contributed by atoms with Crippen molar-refractivity contribution in [3.63, 3.8) is 0 Å². The Kier molecular flexibility index (Phi) is 4.42. The van der Waals surface area contributed by atoms with Gasteiger partial charge in [-0.1, -0.05) is 73.8 Å². The van der Waals surface area contributed by atoms with Crippen molar-refractivity contribution in [2.75, 3.05) is 0 Å². The third-order valence-electron chi connectivity index (χ3n) is 6.95. The number of fused-ring (bicyclic) bond motifs is 6. The van der Waals surface area contributed by atoms with Gasteiger partial charge in [0.1, 0.15) is 0 Å². The van der Waals surface area contributed by atoms with Gasteiger partial charge in [0.25, 0.3) is 0 Å². The molecule has 4 heteroatoms. The molecule has 0 saturated heterocycles. The van der Waals surface area contributed by atoms with Crippen LogP contribution < -0.4 is 0 Å². The molecule has 0 saturated carbocycles. The molecular formula is C32H22N4. The maximum absolute atomic E-state index is 4.86. The van der Waals surface area contributed by atoms with E-state index in [1.54, 1.807) is 0 Å². The smallest absolute Gasteiger partial charge is 0.234 e. The Morgan fingerprint density at radius 3 is 1.50 bits per heavy atom. The lowest BCUT2D eigenvalue weighted by atomic mass is 10.1. The Morgan fingerprint density at radius 2 is 1.00 bits per heavy atom. The van der Waals surface area contributed by atoms with Crippen molar-refractivity contribution in [2.45, 2.75) is 0 Å². The lowest BCUT2D eigenvalue weighted by Crippen LogP contribution is -2.03. The Hall–Kier alpha value is -4.96. The van der Waals surface area contributed by atoms with Gasteiger partial charge in [-0.25, -0.2) is 9.97 Å². The van der Waals surface area contributed by atoms with E-state index < -0.39 is 0 Å². The second-order valence-electron chi connectivity index (χ2n) is 8.91.